The first-order chi connectivity index (χ1) is 14.6. The monoisotopic (exact) mass is 430 g/mol. The van der Waals surface area contributed by atoms with Crippen LogP contribution in [-0.2, 0) is 13.6 Å². The average Bonchev–Trinajstić information content (AvgIpc) is 3.07. The van der Waals surface area contributed by atoms with Gasteiger partial charge in [-0.3, -0.25) is 0 Å². The maximum atomic E-state index is 4.79. The molecule has 0 atom stereocenters. The zero-order chi connectivity index (χ0) is 21.3. The van der Waals surface area contributed by atoms with Gasteiger partial charge >= 0.3 is 0 Å². The Morgan fingerprint density at radius 2 is 2.03 bits per heavy atom. The molecule has 0 bridgehead atoms. The Kier molecular flexibility index (Phi) is 8.36. The van der Waals surface area contributed by atoms with Crippen molar-refractivity contribution in [3.05, 3.63) is 35.5 Å². The summed E-state index contributed by atoms with van der Waals surface area (Å²) in [5.74, 6) is 4.86. The third-order valence-corrected chi connectivity index (χ3v) is 6.11. The molecule has 0 saturated carbocycles. The lowest BCUT2D eigenvalue weighted by Gasteiger charge is -2.34. The van der Waals surface area contributed by atoms with E-state index in [2.05, 4.69) is 49.1 Å². The Morgan fingerprint density at radius 3 is 2.70 bits per heavy atom. The van der Waals surface area contributed by atoms with E-state index in [-0.39, 0.29) is 0 Å². The molecule has 30 heavy (non-hydrogen) atoms. The first-order valence-corrected chi connectivity index (χ1v) is 12.0. The lowest BCUT2D eigenvalue weighted by Crippen LogP contribution is -2.49. The van der Waals surface area contributed by atoms with Gasteiger partial charge in [0, 0.05) is 38.4 Å². The van der Waals surface area contributed by atoms with Crippen LogP contribution in [0, 0.1) is 13.8 Å². The molecule has 1 fully saturated rings. The first kappa shape index (κ1) is 22.4. The van der Waals surface area contributed by atoms with E-state index in [0.717, 1.165) is 73.8 Å². The lowest BCUT2D eigenvalue weighted by molar-refractivity contribution is 0.459. The molecule has 2 N–H and O–H groups in total. The highest BCUT2D eigenvalue weighted by Gasteiger charge is 2.21. The highest BCUT2D eigenvalue weighted by molar-refractivity contribution is 7.98. The first-order valence-electron chi connectivity index (χ1n) is 10.6. The van der Waals surface area contributed by atoms with Gasteiger partial charge in [0.15, 0.2) is 11.8 Å². The van der Waals surface area contributed by atoms with E-state index >= 15 is 0 Å². The van der Waals surface area contributed by atoms with E-state index in [4.69, 9.17) is 4.99 Å². The number of pyridine rings is 1. The molecule has 1 saturated heterocycles. The molecule has 1 aliphatic rings. The van der Waals surface area contributed by atoms with Crippen molar-refractivity contribution in [3.63, 3.8) is 0 Å². The minimum atomic E-state index is 0.402. The Labute approximate surface area is 184 Å². The van der Waals surface area contributed by atoms with Crippen LogP contribution in [0.5, 0.6) is 0 Å². The van der Waals surface area contributed by atoms with Gasteiger partial charge in [0.1, 0.15) is 18.2 Å². The second-order valence-corrected chi connectivity index (χ2v) is 8.69. The molecule has 9 heteroatoms. The fourth-order valence-corrected chi connectivity index (χ4v) is 3.90. The zero-order valence-corrected chi connectivity index (χ0v) is 19.4. The summed E-state index contributed by atoms with van der Waals surface area (Å²) in [4.78, 5) is 11.8. The van der Waals surface area contributed by atoms with E-state index < -0.39 is 0 Å². The predicted molar refractivity (Wildman–Crippen MR) is 125 cm³/mol. The van der Waals surface area contributed by atoms with E-state index in [1.165, 1.54) is 0 Å². The van der Waals surface area contributed by atoms with Crippen LogP contribution in [-0.4, -0.2) is 63.4 Å². The highest BCUT2D eigenvalue weighted by atomic mass is 32.2. The minimum Gasteiger partial charge on any atom is -0.356 e. The highest BCUT2D eigenvalue weighted by Crippen LogP contribution is 2.18. The van der Waals surface area contributed by atoms with Crippen LogP contribution < -0.4 is 15.5 Å². The van der Waals surface area contributed by atoms with Gasteiger partial charge in [-0.25, -0.2) is 9.98 Å². The summed E-state index contributed by atoms with van der Waals surface area (Å²) in [6.45, 7) is 7.42. The van der Waals surface area contributed by atoms with E-state index in [1.807, 2.05) is 43.3 Å². The normalized spacial score (nSPS) is 15.5. The molecule has 0 aliphatic carbocycles. The number of aliphatic imine (C=N–C) groups is 1. The van der Waals surface area contributed by atoms with Gasteiger partial charge in [0.25, 0.3) is 0 Å². The standard InChI is InChI=1S/C21H34N8S/c1-16-7-5-8-19(24-16)29-12-9-18(10-13-29)25-21(22-11-6-14-30-4)23-15-20-27-26-17(2)28(20)3/h5,7-8,18H,6,9-15H2,1-4H3,(H2,22,23,25). The second kappa shape index (κ2) is 11.2. The van der Waals surface area contributed by atoms with Gasteiger partial charge in [-0.2, -0.15) is 11.8 Å². The number of piperidine rings is 1. The van der Waals surface area contributed by atoms with Crippen molar-refractivity contribution in [2.45, 2.75) is 45.7 Å². The number of thioether (sulfide) groups is 1. The lowest BCUT2D eigenvalue weighted by atomic mass is 10.1. The summed E-state index contributed by atoms with van der Waals surface area (Å²) in [6, 6.07) is 6.63. The number of hydrogen-bond acceptors (Lipinski definition) is 6. The van der Waals surface area contributed by atoms with Crippen LogP contribution in [0.4, 0.5) is 5.82 Å². The Hall–Kier alpha value is -2.29. The number of anilines is 1. The molecular weight excluding hydrogens is 396 g/mol. The smallest absolute Gasteiger partial charge is 0.191 e. The SMILES string of the molecule is CSCCCNC(=NCc1nnc(C)n1C)NC1CCN(c2cccc(C)n2)CC1. The number of guanidine groups is 1. The van der Waals surface area contributed by atoms with Gasteiger partial charge in [-0.15, -0.1) is 10.2 Å². The van der Waals surface area contributed by atoms with Crippen molar-refractivity contribution in [2.75, 3.05) is 36.5 Å². The number of nitrogens with one attached hydrogen (secondary N) is 2. The second-order valence-electron chi connectivity index (χ2n) is 7.70. The minimum absolute atomic E-state index is 0.402. The van der Waals surface area contributed by atoms with Crippen molar-refractivity contribution in [2.24, 2.45) is 12.0 Å². The van der Waals surface area contributed by atoms with Crippen LogP contribution in [0.2, 0.25) is 0 Å². The van der Waals surface area contributed by atoms with Gasteiger partial charge in [-0.1, -0.05) is 6.07 Å². The molecular formula is C21H34N8S. The third-order valence-electron chi connectivity index (χ3n) is 5.41. The third kappa shape index (κ3) is 6.35. The molecule has 0 spiro atoms. The largest absolute Gasteiger partial charge is 0.356 e. The van der Waals surface area contributed by atoms with Gasteiger partial charge in [0.05, 0.1) is 0 Å². The summed E-state index contributed by atoms with van der Waals surface area (Å²) in [5, 5.41) is 15.5. The fourth-order valence-electron chi connectivity index (χ4n) is 3.47. The van der Waals surface area contributed by atoms with E-state index in [0.29, 0.717) is 12.6 Å². The molecule has 0 unspecified atom stereocenters. The topological polar surface area (TPSA) is 83.3 Å². The van der Waals surface area contributed by atoms with E-state index in [9.17, 15) is 0 Å². The number of hydrogen-bond donors (Lipinski definition) is 2. The summed E-state index contributed by atoms with van der Waals surface area (Å²) in [5.41, 5.74) is 1.07. The van der Waals surface area contributed by atoms with Crippen molar-refractivity contribution < 1.29 is 0 Å². The Bertz CT molecular complexity index is 826. The molecule has 3 rings (SSSR count). The summed E-state index contributed by atoms with van der Waals surface area (Å²) in [7, 11) is 1.98. The Morgan fingerprint density at radius 1 is 1.23 bits per heavy atom. The number of rotatable bonds is 8. The molecule has 2 aromatic heterocycles. The van der Waals surface area contributed by atoms with Gasteiger partial charge in [-0.05, 0) is 57.3 Å². The van der Waals surface area contributed by atoms with Crippen LogP contribution in [0.3, 0.4) is 0 Å². The number of aromatic nitrogens is 4. The van der Waals surface area contributed by atoms with E-state index in [1.54, 1.807) is 0 Å². The molecule has 2 aromatic rings. The predicted octanol–water partition coefficient (Wildman–Crippen LogP) is 2.28. The molecule has 0 radical (unpaired) electrons. The van der Waals surface area contributed by atoms with Crippen molar-refractivity contribution in [3.8, 4) is 0 Å². The zero-order valence-electron chi connectivity index (χ0n) is 18.6. The van der Waals surface area contributed by atoms with Crippen LogP contribution >= 0.6 is 11.8 Å². The van der Waals surface area contributed by atoms with Gasteiger partial charge < -0.3 is 20.1 Å². The molecule has 0 aromatic carbocycles. The molecule has 1 aliphatic heterocycles. The van der Waals surface area contributed by atoms with Crippen molar-refractivity contribution in [1.29, 1.82) is 0 Å². The summed E-state index contributed by atoms with van der Waals surface area (Å²) < 4.78 is 1.99. The van der Waals surface area contributed by atoms with Crippen LogP contribution in [0.15, 0.2) is 23.2 Å². The molecule has 164 valence electrons. The molecule has 8 nitrogen and oxygen atoms in total. The maximum Gasteiger partial charge on any atom is 0.191 e. The Balaban J connectivity index is 1.57. The van der Waals surface area contributed by atoms with Gasteiger partial charge in [0.2, 0.25) is 0 Å². The molecule has 3 heterocycles. The summed E-state index contributed by atoms with van der Waals surface area (Å²) in [6.07, 6.45) is 5.37. The van der Waals surface area contributed by atoms with Crippen molar-refractivity contribution >= 4 is 23.5 Å². The van der Waals surface area contributed by atoms with Crippen molar-refractivity contribution in [1.82, 2.24) is 30.4 Å². The average molecular weight is 431 g/mol. The van der Waals surface area contributed by atoms with Crippen LogP contribution in [0.25, 0.3) is 0 Å². The quantitative estimate of drug-likeness (QED) is 0.378. The fraction of sp³-hybridized carbons (Fsp3) is 0.619. The number of nitrogens with zero attached hydrogens (tertiary/aromatic N) is 6. The number of aryl methyl sites for hydroxylation is 2. The summed E-state index contributed by atoms with van der Waals surface area (Å²) >= 11 is 1.87. The molecule has 0 amide bonds. The van der Waals surface area contributed by atoms with Crippen LogP contribution in [0.1, 0.15) is 36.6 Å². The maximum absolute atomic E-state index is 4.79.